The molecule has 3 atom stereocenters. The highest BCUT2D eigenvalue weighted by molar-refractivity contribution is 6.02. The first-order valence-corrected chi connectivity index (χ1v) is 12.6. The highest BCUT2D eigenvalue weighted by Crippen LogP contribution is 2.31. The summed E-state index contributed by atoms with van der Waals surface area (Å²) in [6.45, 7) is 8.51. The molecule has 1 aromatic carbocycles. The van der Waals surface area contributed by atoms with E-state index in [2.05, 4.69) is 16.4 Å². The summed E-state index contributed by atoms with van der Waals surface area (Å²) in [6, 6.07) is 8.81. The Morgan fingerprint density at radius 2 is 2.06 bits per heavy atom. The molecule has 2 aromatic rings. The zero-order valence-corrected chi connectivity index (χ0v) is 21.3. The van der Waals surface area contributed by atoms with E-state index < -0.39 is 12.0 Å². The second-order valence-corrected chi connectivity index (χ2v) is 10.8. The molecule has 7 heteroatoms. The molecule has 2 N–H and O–H groups in total. The number of nitrogens with one attached hydrogen (secondary N) is 2. The summed E-state index contributed by atoms with van der Waals surface area (Å²) in [5, 5.41) is 13.3. The smallest absolute Gasteiger partial charge is 0.224 e. The second-order valence-electron chi connectivity index (χ2n) is 10.8. The zero-order chi connectivity index (χ0) is 25.6. The van der Waals surface area contributed by atoms with E-state index in [1.807, 2.05) is 45.9 Å². The molecular formula is C28H37N3O4. The molecule has 0 bridgehead atoms. The van der Waals surface area contributed by atoms with Gasteiger partial charge in [0.05, 0.1) is 18.4 Å². The first kappa shape index (κ1) is 26.5. The van der Waals surface area contributed by atoms with Gasteiger partial charge in [0.25, 0.3) is 0 Å². The first-order valence-electron chi connectivity index (χ1n) is 12.6. The maximum atomic E-state index is 13.3. The van der Waals surface area contributed by atoms with E-state index in [0.717, 1.165) is 30.2 Å². The Morgan fingerprint density at radius 1 is 1.29 bits per heavy atom. The Balaban J connectivity index is 1.74. The number of fused-ring (bicyclic) bond motifs is 1. The summed E-state index contributed by atoms with van der Waals surface area (Å²) in [6.07, 6.45) is 4.04. The van der Waals surface area contributed by atoms with Gasteiger partial charge in [-0.25, -0.2) is 0 Å². The summed E-state index contributed by atoms with van der Waals surface area (Å²) in [4.78, 5) is 41.9. The Morgan fingerprint density at radius 3 is 2.71 bits per heavy atom. The van der Waals surface area contributed by atoms with E-state index in [-0.39, 0.29) is 35.2 Å². The Hall–Kier alpha value is -3.14. The fourth-order valence-corrected chi connectivity index (χ4v) is 4.91. The van der Waals surface area contributed by atoms with Crippen LogP contribution in [0.5, 0.6) is 5.75 Å². The van der Waals surface area contributed by atoms with E-state index in [4.69, 9.17) is 4.74 Å². The molecule has 3 rings (SSSR count). The van der Waals surface area contributed by atoms with Gasteiger partial charge in [0.1, 0.15) is 17.6 Å². The lowest BCUT2D eigenvalue weighted by molar-refractivity contribution is -0.128. The van der Waals surface area contributed by atoms with Crippen LogP contribution in [-0.2, 0) is 9.59 Å². The quantitative estimate of drug-likeness (QED) is 0.446. The number of amides is 1. The number of Topliss-reactive ketones (excluding diaryl/α,β-unsaturated/α-hetero) is 2. The largest absolute Gasteiger partial charge is 0.493 e. The van der Waals surface area contributed by atoms with Crippen molar-refractivity contribution in [1.82, 2.24) is 10.3 Å². The van der Waals surface area contributed by atoms with Crippen molar-refractivity contribution < 1.29 is 19.1 Å². The van der Waals surface area contributed by atoms with Crippen LogP contribution in [-0.4, -0.2) is 35.1 Å². The number of aromatic nitrogens is 1. The predicted octanol–water partition coefficient (Wildman–Crippen LogP) is 5.35. The molecule has 1 heterocycles. The van der Waals surface area contributed by atoms with E-state index in [1.165, 1.54) is 0 Å². The van der Waals surface area contributed by atoms with Crippen LogP contribution in [0.25, 0.3) is 10.9 Å². The standard InChI is InChI=1S/C28H37N3O4/c1-5-35-26-12-8-10-22-21(26)15-23(31-22)25(33)14-19(16-28(2,3)4)27(34)30-20(17-29)13-18-9-6-7-11-24(18)32/h8,10,12,15,18-20,31H,5-7,9,11,13-14,16H2,1-4H3,(H,30,34)/t18-,19-,20-/m0/s1. The first-order chi connectivity index (χ1) is 16.6. The minimum atomic E-state index is -0.742. The third-order valence-electron chi connectivity index (χ3n) is 6.56. The molecule has 0 aliphatic heterocycles. The lowest BCUT2D eigenvalue weighted by Crippen LogP contribution is -2.42. The van der Waals surface area contributed by atoms with Crippen molar-refractivity contribution in [2.75, 3.05) is 6.61 Å². The van der Waals surface area contributed by atoms with Crippen LogP contribution >= 0.6 is 0 Å². The van der Waals surface area contributed by atoms with Gasteiger partial charge < -0.3 is 15.0 Å². The molecule has 35 heavy (non-hydrogen) atoms. The zero-order valence-electron chi connectivity index (χ0n) is 21.3. The normalized spacial score (nSPS) is 18.0. The molecular weight excluding hydrogens is 442 g/mol. The Bertz CT molecular complexity index is 1110. The van der Waals surface area contributed by atoms with E-state index in [9.17, 15) is 19.6 Å². The number of rotatable bonds is 10. The topological polar surface area (TPSA) is 112 Å². The second kappa shape index (κ2) is 11.5. The fourth-order valence-electron chi connectivity index (χ4n) is 4.91. The average molecular weight is 480 g/mol. The van der Waals surface area contributed by atoms with Crippen molar-refractivity contribution in [1.29, 1.82) is 5.26 Å². The van der Waals surface area contributed by atoms with Crippen molar-refractivity contribution in [3.8, 4) is 11.8 Å². The number of aromatic amines is 1. The molecule has 0 unspecified atom stereocenters. The number of nitrogens with zero attached hydrogens (tertiary/aromatic N) is 1. The molecule has 0 spiro atoms. The van der Waals surface area contributed by atoms with Crippen LogP contribution in [0.1, 0.15) is 83.1 Å². The molecule has 0 radical (unpaired) electrons. The molecule has 1 aromatic heterocycles. The molecule has 1 aliphatic carbocycles. The van der Waals surface area contributed by atoms with Gasteiger partial charge in [0.2, 0.25) is 5.91 Å². The lowest BCUT2D eigenvalue weighted by Gasteiger charge is -2.27. The number of hydrogen-bond acceptors (Lipinski definition) is 5. The van der Waals surface area contributed by atoms with Crippen molar-refractivity contribution in [2.45, 2.75) is 78.7 Å². The van der Waals surface area contributed by atoms with Gasteiger partial charge in [-0.15, -0.1) is 0 Å². The number of hydrogen-bond donors (Lipinski definition) is 2. The van der Waals surface area contributed by atoms with Crippen molar-refractivity contribution in [3.63, 3.8) is 0 Å². The van der Waals surface area contributed by atoms with Crippen molar-refractivity contribution in [2.24, 2.45) is 17.3 Å². The third-order valence-corrected chi connectivity index (χ3v) is 6.56. The highest BCUT2D eigenvalue weighted by atomic mass is 16.5. The van der Waals surface area contributed by atoms with Gasteiger partial charge in [0.15, 0.2) is 5.78 Å². The summed E-state index contributed by atoms with van der Waals surface area (Å²) in [5.74, 6) is -0.352. The van der Waals surface area contributed by atoms with Gasteiger partial charge in [-0.3, -0.25) is 14.4 Å². The van der Waals surface area contributed by atoms with Crippen LogP contribution < -0.4 is 10.1 Å². The maximum absolute atomic E-state index is 13.3. The summed E-state index contributed by atoms with van der Waals surface area (Å²) < 4.78 is 5.67. The lowest BCUT2D eigenvalue weighted by atomic mass is 9.81. The highest BCUT2D eigenvalue weighted by Gasteiger charge is 2.31. The molecule has 1 saturated carbocycles. The number of H-pyrrole nitrogens is 1. The van der Waals surface area contributed by atoms with Crippen LogP contribution in [0.3, 0.4) is 0 Å². The number of nitriles is 1. The van der Waals surface area contributed by atoms with Crippen LogP contribution in [0.2, 0.25) is 0 Å². The summed E-state index contributed by atoms with van der Waals surface area (Å²) in [5.41, 5.74) is 1.05. The maximum Gasteiger partial charge on any atom is 0.224 e. The third kappa shape index (κ3) is 7.17. The summed E-state index contributed by atoms with van der Waals surface area (Å²) in [7, 11) is 0. The van der Waals surface area contributed by atoms with Crippen LogP contribution in [0.15, 0.2) is 24.3 Å². The molecule has 188 valence electrons. The van der Waals surface area contributed by atoms with E-state index in [1.54, 1.807) is 6.07 Å². The minimum Gasteiger partial charge on any atom is -0.493 e. The summed E-state index contributed by atoms with van der Waals surface area (Å²) >= 11 is 0. The Kier molecular flexibility index (Phi) is 8.71. The van der Waals surface area contributed by atoms with Gasteiger partial charge in [0, 0.05) is 35.6 Å². The van der Waals surface area contributed by atoms with Crippen LogP contribution in [0.4, 0.5) is 0 Å². The molecule has 1 amide bonds. The van der Waals surface area contributed by atoms with Gasteiger partial charge >= 0.3 is 0 Å². The monoisotopic (exact) mass is 479 g/mol. The van der Waals surface area contributed by atoms with Gasteiger partial charge in [-0.2, -0.15) is 5.26 Å². The van der Waals surface area contributed by atoms with Gasteiger partial charge in [-0.1, -0.05) is 33.3 Å². The minimum absolute atomic E-state index is 0.0282. The number of carbonyl (C=O) groups is 3. The predicted molar refractivity (Wildman–Crippen MR) is 135 cm³/mol. The number of ketones is 2. The average Bonchev–Trinajstić information content (AvgIpc) is 3.24. The number of ether oxygens (including phenoxy) is 1. The van der Waals surface area contributed by atoms with E-state index in [0.29, 0.717) is 37.3 Å². The number of carbonyl (C=O) groups excluding carboxylic acids is 3. The number of benzene rings is 1. The van der Waals surface area contributed by atoms with Crippen molar-refractivity contribution >= 4 is 28.4 Å². The SMILES string of the molecule is CCOc1cccc2[nH]c(C(=O)C[C@@H](CC(C)(C)C)C(=O)N[C@H](C#N)C[C@@H]3CCCCC3=O)cc12. The molecule has 1 fully saturated rings. The van der Waals surface area contributed by atoms with Crippen molar-refractivity contribution in [3.05, 3.63) is 30.0 Å². The molecule has 0 saturated heterocycles. The van der Waals surface area contributed by atoms with Gasteiger partial charge in [-0.05, 0) is 56.2 Å². The van der Waals surface area contributed by atoms with E-state index >= 15 is 0 Å². The molecule has 7 nitrogen and oxygen atoms in total. The Labute approximate surface area is 207 Å². The fraction of sp³-hybridized carbons (Fsp3) is 0.571. The van der Waals surface area contributed by atoms with Crippen LogP contribution in [0, 0.1) is 28.6 Å². The molecule has 1 aliphatic rings.